The van der Waals surface area contributed by atoms with E-state index >= 15 is 0 Å². The molecule has 140 valence electrons. The fourth-order valence-electron chi connectivity index (χ4n) is 3.30. The highest BCUT2D eigenvalue weighted by Crippen LogP contribution is 2.31. The Bertz CT molecular complexity index is 1010. The van der Waals surface area contributed by atoms with Gasteiger partial charge in [0.15, 0.2) is 0 Å². The molecule has 5 heteroatoms. The first-order valence-corrected chi connectivity index (χ1v) is 9.19. The van der Waals surface area contributed by atoms with E-state index in [2.05, 4.69) is 5.32 Å². The molecule has 2 heterocycles. The van der Waals surface area contributed by atoms with Crippen LogP contribution in [0.2, 0.25) is 0 Å². The van der Waals surface area contributed by atoms with Crippen LogP contribution in [0.15, 0.2) is 77.4 Å². The zero-order chi connectivity index (χ0) is 19.3. The van der Waals surface area contributed by atoms with E-state index in [4.69, 9.17) is 4.42 Å². The van der Waals surface area contributed by atoms with E-state index in [1.807, 2.05) is 53.4 Å². The summed E-state index contributed by atoms with van der Waals surface area (Å²) in [5, 5.41) is 2.86. The van der Waals surface area contributed by atoms with Crippen LogP contribution < -0.4 is 10.2 Å². The predicted molar refractivity (Wildman–Crippen MR) is 109 cm³/mol. The van der Waals surface area contributed by atoms with Gasteiger partial charge >= 0.3 is 0 Å². The van der Waals surface area contributed by atoms with Crippen LogP contribution in [0.25, 0.3) is 6.08 Å². The molecule has 2 amide bonds. The third kappa shape index (κ3) is 4.04. The van der Waals surface area contributed by atoms with Crippen LogP contribution in [-0.2, 0) is 22.6 Å². The minimum absolute atomic E-state index is 0.120. The quantitative estimate of drug-likeness (QED) is 0.675. The van der Waals surface area contributed by atoms with E-state index in [1.54, 1.807) is 24.5 Å². The maximum atomic E-state index is 12.5. The van der Waals surface area contributed by atoms with Crippen LogP contribution in [0.4, 0.5) is 11.4 Å². The molecular formula is C23H20N2O3. The third-order valence-electron chi connectivity index (χ3n) is 4.67. The number of hydrogen-bond acceptors (Lipinski definition) is 3. The highest BCUT2D eigenvalue weighted by atomic mass is 16.3. The lowest BCUT2D eigenvalue weighted by Gasteiger charge is -2.30. The molecule has 0 saturated heterocycles. The van der Waals surface area contributed by atoms with E-state index in [9.17, 15) is 9.59 Å². The van der Waals surface area contributed by atoms with Gasteiger partial charge in [-0.15, -0.1) is 0 Å². The molecule has 1 aromatic heterocycles. The van der Waals surface area contributed by atoms with Crippen LogP contribution in [0.3, 0.4) is 0 Å². The molecule has 1 N–H and O–H groups in total. The number of furan rings is 1. The first-order chi connectivity index (χ1) is 13.7. The van der Waals surface area contributed by atoms with Gasteiger partial charge in [0.1, 0.15) is 5.76 Å². The van der Waals surface area contributed by atoms with Gasteiger partial charge in [-0.05, 0) is 54.0 Å². The van der Waals surface area contributed by atoms with Gasteiger partial charge in [0, 0.05) is 23.9 Å². The van der Waals surface area contributed by atoms with Gasteiger partial charge in [-0.3, -0.25) is 9.59 Å². The fourth-order valence-corrected chi connectivity index (χ4v) is 3.30. The Balaban J connectivity index is 1.49. The van der Waals surface area contributed by atoms with Crippen molar-refractivity contribution in [3.63, 3.8) is 0 Å². The molecule has 3 aromatic rings. The molecule has 1 aliphatic rings. The van der Waals surface area contributed by atoms with E-state index in [-0.39, 0.29) is 11.8 Å². The molecule has 2 aromatic carbocycles. The summed E-state index contributed by atoms with van der Waals surface area (Å²) in [6.45, 7) is 0.546. The van der Waals surface area contributed by atoms with Gasteiger partial charge in [-0.2, -0.15) is 0 Å². The monoisotopic (exact) mass is 372 g/mol. The van der Waals surface area contributed by atoms with Crippen molar-refractivity contribution in [3.05, 3.63) is 89.9 Å². The van der Waals surface area contributed by atoms with Crippen LogP contribution in [0, 0.1) is 0 Å². The summed E-state index contributed by atoms with van der Waals surface area (Å²) in [7, 11) is 0. The Labute approximate surface area is 163 Å². The molecule has 0 saturated carbocycles. The maximum absolute atomic E-state index is 12.5. The lowest BCUT2D eigenvalue weighted by Crippen LogP contribution is -2.34. The van der Waals surface area contributed by atoms with Crippen molar-refractivity contribution in [2.24, 2.45) is 0 Å². The summed E-state index contributed by atoms with van der Waals surface area (Å²) >= 11 is 0. The smallest absolute Gasteiger partial charge is 0.248 e. The molecule has 1 aliphatic heterocycles. The number of benzene rings is 2. The Hall–Kier alpha value is -3.60. The molecule has 0 bridgehead atoms. The van der Waals surface area contributed by atoms with Gasteiger partial charge in [0.2, 0.25) is 11.8 Å². The van der Waals surface area contributed by atoms with Crippen molar-refractivity contribution in [2.45, 2.75) is 19.4 Å². The second kappa shape index (κ2) is 7.96. The zero-order valence-electron chi connectivity index (χ0n) is 15.3. The average molecular weight is 372 g/mol. The summed E-state index contributed by atoms with van der Waals surface area (Å²) in [5.41, 5.74) is 3.76. The van der Waals surface area contributed by atoms with Crippen molar-refractivity contribution < 1.29 is 14.0 Å². The van der Waals surface area contributed by atoms with Crippen molar-refractivity contribution in [3.8, 4) is 0 Å². The molecule has 28 heavy (non-hydrogen) atoms. The van der Waals surface area contributed by atoms with E-state index in [1.165, 1.54) is 6.08 Å². The summed E-state index contributed by atoms with van der Waals surface area (Å²) < 4.78 is 5.17. The van der Waals surface area contributed by atoms with Crippen LogP contribution in [0.1, 0.15) is 23.3 Å². The van der Waals surface area contributed by atoms with E-state index in [0.717, 1.165) is 16.8 Å². The fraction of sp³-hybridized carbons (Fsp3) is 0.130. The summed E-state index contributed by atoms with van der Waals surface area (Å²) in [6, 6.07) is 19.2. The number of aryl methyl sites for hydroxylation is 1. The van der Waals surface area contributed by atoms with Gasteiger partial charge in [-0.1, -0.05) is 30.3 Å². The minimum Gasteiger partial charge on any atom is -0.465 e. The zero-order valence-corrected chi connectivity index (χ0v) is 15.3. The first kappa shape index (κ1) is 17.8. The number of carbonyl (C=O) groups excluding carboxylic acids is 2. The van der Waals surface area contributed by atoms with Crippen molar-refractivity contribution >= 4 is 29.3 Å². The second-order valence-electron chi connectivity index (χ2n) is 6.65. The van der Waals surface area contributed by atoms with E-state index < -0.39 is 0 Å². The summed E-state index contributed by atoms with van der Waals surface area (Å²) in [5.74, 6) is 0.509. The van der Waals surface area contributed by atoms with Crippen molar-refractivity contribution in [2.75, 3.05) is 10.2 Å². The molecule has 0 radical (unpaired) electrons. The van der Waals surface area contributed by atoms with E-state index in [0.29, 0.717) is 30.8 Å². The van der Waals surface area contributed by atoms with Crippen LogP contribution >= 0.6 is 0 Å². The SMILES string of the molecule is O=C(/C=C/c1ccco1)Nc1ccc2c(c1)CCC(=O)N2Cc1ccccc1. The van der Waals surface area contributed by atoms with Crippen molar-refractivity contribution in [1.82, 2.24) is 0 Å². The standard InChI is InChI=1S/C23H20N2O3/c26-22(12-10-20-7-4-14-28-20)24-19-9-11-21-18(15-19)8-13-23(27)25(21)16-17-5-2-1-3-6-17/h1-7,9-12,14-15H,8,13,16H2,(H,24,26)/b12-10+. The molecule has 0 atom stereocenters. The number of anilines is 2. The molecular weight excluding hydrogens is 352 g/mol. The Morgan fingerprint density at radius 3 is 2.71 bits per heavy atom. The number of nitrogens with one attached hydrogen (secondary N) is 1. The molecule has 0 fully saturated rings. The van der Waals surface area contributed by atoms with Gasteiger partial charge in [0.25, 0.3) is 0 Å². The van der Waals surface area contributed by atoms with Gasteiger partial charge in [0.05, 0.1) is 12.8 Å². The summed E-state index contributed by atoms with van der Waals surface area (Å²) in [6.07, 6.45) is 5.75. The van der Waals surface area contributed by atoms with Crippen molar-refractivity contribution in [1.29, 1.82) is 0 Å². The number of carbonyl (C=O) groups is 2. The third-order valence-corrected chi connectivity index (χ3v) is 4.67. The maximum Gasteiger partial charge on any atom is 0.248 e. The Morgan fingerprint density at radius 1 is 1.07 bits per heavy atom. The average Bonchev–Trinajstić information content (AvgIpc) is 3.23. The van der Waals surface area contributed by atoms with Crippen LogP contribution in [0.5, 0.6) is 0 Å². The molecule has 5 nitrogen and oxygen atoms in total. The van der Waals surface area contributed by atoms with Gasteiger partial charge in [-0.25, -0.2) is 0 Å². The largest absolute Gasteiger partial charge is 0.465 e. The number of nitrogens with zero attached hydrogens (tertiary/aromatic N) is 1. The topological polar surface area (TPSA) is 62.6 Å². The minimum atomic E-state index is -0.232. The predicted octanol–water partition coefficient (Wildman–Crippen LogP) is 4.41. The molecule has 0 aliphatic carbocycles. The normalized spacial score (nSPS) is 13.6. The Morgan fingerprint density at radius 2 is 1.93 bits per heavy atom. The first-order valence-electron chi connectivity index (χ1n) is 9.19. The number of amides is 2. The number of fused-ring (bicyclic) bond motifs is 1. The number of rotatable bonds is 5. The summed E-state index contributed by atoms with van der Waals surface area (Å²) in [4.78, 5) is 26.4. The Kier molecular flexibility index (Phi) is 5.06. The molecule has 4 rings (SSSR count). The second-order valence-corrected chi connectivity index (χ2v) is 6.65. The number of hydrogen-bond donors (Lipinski definition) is 1. The lowest BCUT2D eigenvalue weighted by molar-refractivity contribution is -0.119. The van der Waals surface area contributed by atoms with Crippen LogP contribution in [-0.4, -0.2) is 11.8 Å². The molecule has 0 unspecified atom stereocenters. The highest BCUT2D eigenvalue weighted by Gasteiger charge is 2.24. The molecule has 0 spiro atoms. The van der Waals surface area contributed by atoms with Gasteiger partial charge < -0.3 is 14.6 Å². The lowest BCUT2D eigenvalue weighted by atomic mass is 9.99. The highest BCUT2D eigenvalue weighted by molar-refractivity contribution is 6.02.